The van der Waals surface area contributed by atoms with E-state index in [0.29, 0.717) is 18.7 Å². The lowest BCUT2D eigenvalue weighted by Crippen LogP contribution is -2.32. The number of benzene rings is 2. The van der Waals surface area contributed by atoms with Gasteiger partial charge in [-0.25, -0.2) is 0 Å². The number of ketones is 2. The second-order valence-corrected chi connectivity index (χ2v) is 8.58. The molecule has 0 radical (unpaired) electrons. The number of nitrogens with one attached hydrogen (secondary N) is 1. The largest absolute Gasteiger partial charge is 0.458 e. The third-order valence-electron chi connectivity index (χ3n) is 6.39. The number of aromatic amines is 1. The van der Waals surface area contributed by atoms with Crippen molar-refractivity contribution < 1.29 is 18.8 Å². The minimum atomic E-state index is -1.13. The number of hydrogen-bond donors (Lipinski definition) is 1. The Kier molecular flexibility index (Phi) is 5.21. The molecule has 4 aromatic rings. The van der Waals surface area contributed by atoms with Crippen LogP contribution in [-0.2, 0) is 16.0 Å². The molecule has 0 bridgehead atoms. The van der Waals surface area contributed by atoms with E-state index in [0.717, 1.165) is 27.6 Å². The molecule has 2 aromatic heterocycles. The lowest BCUT2D eigenvalue weighted by atomic mass is 9.88. The first-order valence-electron chi connectivity index (χ1n) is 11.0. The quantitative estimate of drug-likeness (QED) is 0.270. The maximum Gasteiger partial charge on any atom is 0.291 e. The Bertz CT molecular complexity index is 1360. The number of likely N-dealkylation sites (tertiary alicyclic amines) is 1. The lowest BCUT2D eigenvalue weighted by molar-refractivity contribution is -0.140. The van der Waals surface area contributed by atoms with Crippen LogP contribution >= 0.6 is 0 Å². The number of Topliss-reactive ketones (excluding diaryl/α,β-unsaturated/α-hetero) is 2. The SMILES string of the molecule is Cc1ccc(C2C(C(=O)c3ccc(C)o3)C(=O)C(=O)N2CCc2c[nH]c3ccccc23)cc1. The zero-order valence-electron chi connectivity index (χ0n) is 18.5. The number of amides is 1. The van der Waals surface area contributed by atoms with Gasteiger partial charge in [-0.1, -0.05) is 48.0 Å². The molecular formula is C27H24N2O4. The van der Waals surface area contributed by atoms with E-state index in [1.807, 2.05) is 61.7 Å². The van der Waals surface area contributed by atoms with Crippen LogP contribution in [0.3, 0.4) is 0 Å². The van der Waals surface area contributed by atoms with Crippen LogP contribution in [0.2, 0.25) is 0 Å². The number of para-hydroxylation sites is 1. The molecule has 1 fully saturated rings. The van der Waals surface area contributed by atoms with Gasteiger partial charge in [-0.15, -0.1) is 0 Å². The molecule has 166 valence electrons. The normalized spacial score (nSPS) is 18.4. The summed E-state index contributed by atoms with van der Waals surface area (Å²) in [7, 11) is 0. The maximum absolute atomic E-state index is 13.3. The fraction of sp³-hybridized carbons (Fsp3) is 0.222. The second kappa shape index (κ2) is 8.20. The van der Waals surface area contributed by atoms with Crippen LogP contribution in [0.1, 0.15) is 39.0 Å². The number of nitrogens with zero attached hydrogens (tertiary/aromatic N) is 1. The van der Waals surface area contributed by atoms with Crippen molar-refractivity contribution in [3.63, 3.8) is 0 Å². The smallest absolute Gasteiger partial charge is 0.291 e. The Morgan fingerprint density at radius 1 is 1.00 bits per heavy atom. The topological polar surface area (TPSA) is 83.4 Å². The van der Waals surface area contributed by atoms with Gasteiger partial charge in [0.1, 0.15) is 11.7 Å². The van der Waals surface area contributed by atoms with Crippen molar-refractivity contribution in [1.82, 2.24) is 9.88 Å². The Morgan fingerprint density at radius 3 is 2.48 bits per heavy atom. The predicted molar refractivity (Wildman–Crippen MR) is 124 cm³/mol. The predicted octanol–water partition coefficient (Wildman–Crippen LogP) is 4.57. The lowest BCUT2D eigenvalue weighted by Gasteiger charge is -2.27. The van der Waals surface area contributed by atoms with E-state index in [1.165, 1.54) is 0 Å². The molecule has 6 heteroatoms. The van der Waals surface area contributed by atoms with Crippen LogP contribution in [-0.4, -0.2) is 33.9 Å². The highest BCUT2D eigenvalue weighted by Gasteiger charge is 2.52. The van der Waals surface area contributed by atoms with E-state index in [-0.39, 0.29) is 5.76 Å². The van der Waals surface area contributed by atoms with Gasteiger partial charge in [-0.3, -0.25) is 14.4 Å². The summed E-state index contributed by atoms with van der Waals surface area (Å²) in [6.07, 6.45) is 2.49. The molecule has 0 aliphatic carbocycles. The molecule has 1 N–H and O–H groups in total. The minimum absolute atomic E-state index is 0.106. The number of H-pyrrole nitrogens is 1. The van der Waals surface area contributed by atoms with Gasteiger partial charge in [-0.05, 0) is 49.6 Å². The molecule has 0 spiro atoms. The Hall–Kier alpha value is -3.93. The summed E-state index contributed by atoms with van der Waals surface area (Å²) in [5, 5.41) is 1.08. The van der Waals surface area contributed by atoms with Crippen molar-refractivity contribution in [3.8, 4) is 0 Å². The highest BCUT2D eigenvalue weighted by atomic mass is 16.3. The number of rotatable bonds is 6. The van der Waals surface area contributed by atoms with Gasteiger partial charge in [-0.2, -0.15) is 0 Å². The number of furan rings is 1. The standard InChI is InChI=1S/C27H24N2O4/c1-16-7-10-18(11-8-16)24-23(25(30)22-12-9-17(2)33-22)26(31)27(32)29(24)14-13-19-15-28-21-6-4-3-5-20(19)21/h3-12,15,23-24,28H,13-14H2,1-2H3. The van der Waals surface area contributed by atoms with Crippen LogP contribution in [0.4, 0.5) is 0 Å². The first-order chi connectivity index (χ1) is 15.9. The Labute approximate surface area is 191 Å². The number of aryl methyl sites for hydroxylation is 2. The minimum Gasteiger partial charge on any atom is -0.458 e. The summed E-state index contributed by atoms with van der Waals surface area (Å²) >= 11 is 0. The van der Waals surface area contributed by atoms with Gasteiger partial charge in [0.2, 0.25) is 11.6 Å². The van der Waals surface area contributed by atoms with E-state index >= 15 is 0 Å². The molecule has 33 heavy (non-hydrogen) atoms. The monoisotopic (exact) mass is 440 g/mol. The van der Waals surface area contributed by atoms with Crippen LogP contribution in [0.15, 0.2) is 71.3 Å². The number of aromatic nitrogens is 1. The molecule has 1 saturated heterocycles. The van der Waals surface area contributed by atoms with E-state index in [9.17, 15) is 14.4 Å². The van der Waals surface area contributed by atoms with Gasteiger partial charge in [0.25, 0.3) is 5.91 Å². The van der Waals surface area contributed by atoms with Crippen LogP contribution in [0, 0.1) is 19.8 Å². The number of carbonyl (C=O) groups is 3. The maximum atomic E-state index is 13.3. The van der Waals surface area contributed by atoms with E-state index in [4.69, 9.17) is 4.42 Å². The van der Waals surface area contributed by atoms with Gasteiger partial charge in [0.05, 0.1) is 6.04 Å². The van der Waals surface area contributed by atoms with Crippen molar-refractivity contribution in [2.24, 2.45) is 5.92 Å². The van der Waals surface area contributed by atoms with Gasteiger partial charge in [0, 0.05) is 23.6 Å². The third-order valence-corrected chi connectivity index (χ3v) is 6.39. The zero-order chi connectivity index (χ0) is 23.1. The summed E-state index contributed by atoms with van der Waals surface area (Å²) in [6, 6.07) is 18.2. The third kappa shape index (κ3) is 3.67. The van der Waals surface area contributed by atoms with Crippen LogP contribution in [0.25, 0.3) is 10.9 Å². The highest BCUT2D eigenvalue weighted by Crippen LogP contribution is 2.38. The molecule has 0 saturated carbocycles. The molecule has 2 aromatic carbocycles. The zero-order valence-corrected chi connectivity index (χ0v) is 18.5. The summed E-state index contributed by atoms with van der Waals surface area (Å²) in [6.45, 7) is 4.03. The molecule has 6 nitrogen and oxygen atoms in total. The van der Waals surface area contributed by atoms with E-state index in [1.54, 1.807) is 24.0 Å². The molecule has 3 heterocycles. The summed E-state index contributed by atoms with van der Waals surface area (Å²) in [5.41, 5.74) is 3.90. The Balaban J connectivity index is 1.50. The number of carbonyl (C=O) groups excluding carboxylic acids is 3. The molecule has 2 atom stereocenters. The fourth-order valence-corrected chi connectivity index (χ4v) is 4.66. The van der Waals surface area contributed by atoms with Crippen molar-refractivity contribution >= 4 is 28.4 Å². The molecule has 5 rings (SSSR count). The molecule has 1 aliphatic heterocycles. The van der Waals surface area contributed by atoms with Crippen molar-refractivity contribution in [2.75, 3.05) is 6.54 Å². The first-order valence-corrected chi connectivity index (χ1v) is 11.0. The molecular weight excluding hydrogens is 416 g/mol. The van der Waals surface area contributed by atoms with E-state index < -0.39 is 29.4 Å². The number of hydrogen-bond acceptors (Lipinski definition) is 4. The number of fused-ring (bicyclic) bond motifs is 1. The Morgan fingerprint density at radius 2 is 1.76 bits per heavy atom. The summed E-state index contributed by atoms with van der Waals surface area (Å²) in [5.74, 6) is -2.21. The molecule has 1 amide bonds. The van der Waals surface area contributed by atoms with Crippen LogP contribution in [0.5, 0.6) is 0 Å². The van der Waals surface area contributed by atoms with Gasteiger partial charge in [0.15, 0.2) is 5.76 Å². The summed E-state index contributed by atoms with van der Waals surface area (Å²) < 4.78 is 5.51. The average molecular weight is 440 g/mol. The van der Waals surface area contributed by atoms with Crippen molar-refractivity contribution in [1.29, 1.82) is 0 Å². The second-order valence-electron chi connectivity index (χ2n) is 8.58. The van der Waals surface area contributed by atoms with Gasteiger partial charge < -0.3 is 14.3 Å². The van der Waals surface area contributed by atoms with Crippen molar-refractivity contribution in [2.45, 2.75) is 26.3 Å². The van der Waals surface area contributed by atoms with Crippen LogP contribution < -0.4 is 0 Å². The van der Waals surface area contributed by atoms with E-state index in [2.05, 4.69) is 4.98 Å². The highest BCUT2D eigenvalue weighted by molar-refractivity contribution is 6.43. The van der Waals surface area contributed by atoms with Crippen molar-refractivity contribution in [3.05, 3.63) is 95.1 Å². The first kappa shape index (κ1) is 20.9. The molecule has 2 unspecified atom stereocenters. The summed E-state index contributed by atoms with van der Waals surface area (Å²) in [4.78, 5) is 44.3. The average Bonchev–Trinajstić information content (AvgIpc) is 3.50. The molecule has 1 aliphatic rings. The van der Waals surface area contributed by atoms with Gasteiger partial charge >= 0.3 is 0 Å². The fourth-order valence-electron chi connectivity index (χ4n) is 4.66.